The number of aromatic nitrogens is 1. The summed E-state index contributed by atoms with van der Waals surface area (Å²) in [4.78, 5) is 9.28. The van der Waals surface area contributed by atoms with Crippen LogP contribution in [0.1, 0.15) is 5.56 Å². The van der Waals surface area contributed by atoms with Crippen LogP contribution in [0, 0.1) is 0 Å². The number of halogens is 1. The van der Waals surface area contributed by atoms with E-state index in [1.54, 1.807) is 6.07 Å². The second kappa shape index (κ2) is 8.97. The molecule has 0 unspecified atom stereocenters. The van der Waals surface area contributed by atoms with Crippen molar-refractivity contribution in [2.24, 2.45) is 0 Å². The van der Waals surface area contributed by atoms with Crippen LogP contribution in [0.3, 0.4) is 0 Å². The van der Waals surface area contributed by atoms with Crippen LogP contribution >= 0.6 is 11.6 Å². The molecule has 156 valence electrons. The van der Waals surface area contributed by atoms with Crippen LogP contribution in [0.5, 0.6) is 0 Å². The molecule has 0 bridgehead atoms. The van der Waals surface area contributed by atoms with Crippen molar-refractivity contribution in [3.05, 3.63) is 53.2 Å². The van der Waals surface area contributed by atoms with Gasteiger partial charge >= 0.3 is 0 Å². The Morgan fingerprint density at radius 2 is 1.62 bits per heavy atom. The lowest BCUT2D eigenvalue weighted by molar-refractivity contribution is 0.0730. The molecular formula is C20H25ClN4O3S. The highest BCUT2D eigenvalue weighted by Gasteiger charge is 2.27. The molecular weight excluding hydrogens is 412 g/mol. The topological polar surface area (TPSA) is 66.0 Å². The van der Waals surface area contributed by atoms with Crippen molar-refractivity contribution in [2.75, 3.05) is 57.4 Å². The van der Waals surface area contributed by atoms with Crippen molar-refractivity contribution in [3.8, 4) is 0 Å². The average molecular weight is 437 g/mol. The highest BCUT2D eigenvalue weighted by Crippen LogP contribution is 2.20. The molecule has 0 atom stereocenters. The number of ether oxygens (including phenoxy) is 1. The lowest BCUT2D eigenvalue weighted by Gasteiger charge is -2.35. The zero-order chi connectivity index (χ0) is 20.3. The van der Waals surface area contributed by atoms with Gasteiger partial charge in [-0.25, -0.2) is 13.4 Å². The fourth-order valence-electron chi connectivity index (χ4n) is 3.63. The minimum absolute atomic E-state index is 0.240. The van der Waals surface area contributed by atoms with Gasteiger partial charge in [0.05, 0.1) is 13.2 Å². The van der Waals surface area contributed by atoms with Crippen LogP contribution in [0.15, 0.2) is 47.5 Å². The van der Waals surface area contributed by atoms with E-state index in [-0.39, 0.29) is 4.90 Å². The number of nitrogens with zero attached hydrogens (tertiary/aromatic N) is 4. The van der Waals surface area contributed by atoms with Gasteiger partial charge in [-0.2, -0.15) is 4.31 Å². The van der Waals surface area contributed by atoms with Crippen LogP contribution in [0.4, 0.5) is 5.82 Å². The van der Waals surface area contributed by atoms with Crippen molar-refractivity contribution in [1.82, 2.24) is 14.2 Å². The first kappa shape index (κ1) is 20.6. The maximum atomic E-state index is 12.7. The third kappa shape index (κ3) is 4.90. The molecule has 2 aliphatic heterocycles. The third-order valence-corrected chi connectivity index (χ3v) is 7.48. The van der Waals surface area contributed by atoms with Gasteiger partial charge in [-0.1, -0.05) is 23.7 Å². The molecule has 2 aromatic rings. The Kier molecular flexibility index (Phi) is 6.36. The summed E-state index contributed by atoms with van der Waals surface area (Å²) < 4.78 is 32.1. The maximum absolute atomic E-state index is 12.7. The summed E-state index contributed by atoms with van der Waals surface area (Å²) in [6.07, 6.45) is 1.47. The van der Waals surface area contributed by atoms with Gasteiger partial charge < -0.3 is 9.64 Å². The van der Waals surface area contributed by atoms with Gasteiger partial charge in [0.15, 0.2) is 0 Å². The minimum Gasteiger partial charge on any atom is -0.379 e. The summed E-state index contributed by atoms with van der Waals surface area (Å²) in [5, 5.41) is 0.753. The Morgan fingerprint density at radius 1 is 0.931 bits per heavy atom. The Bertz CT molecular complexity index is 908. The van der Waals surface area contributed by atoms with Gasteiger partial charge in [-0.3, -0.25) is 4.90 Å². The number of rotatable bonds is 5. The van der Waals surface area contributed by atoms with Gasteiger partial charge in [0.25, 0.3) is 0 Å². The Morgan fingerprint density at radius 3 is 2.24 bits per heavy atom. The number of sulfonamides is 1. The summed E-state index contributed by atoms with van der Waals surface area (Å²) in [5.74, 6) is 0.817. The van der Waals surface area contributed by atoms with E-state index in [1.807, 2.05) is 18.2 Å². The zero-order valence-electron chi connectivity index (χ0n) is 16.2. The lowest BCUT2D eigenvalue weighted by Crippen LogP contribution is -2.46. The number of hydrogen-bond acceptors (Lipinski definition) is 6. The molecule has 2 aliphatic rings. The van der Waals surface area contributed by atoms with E-state index in [2.05, 4.69) is 26.9 Å². The van der Waals surface area contributed by atoms with E-state index < -0.39 is 10.0 Å². The van der Waals surface area contributed by atoms with E-state index in [1.165, 1.54) is 16.1 Å². The highest BCUT2D eigenvalue weighted by atomic mass is 35.5. The van der Waals surface area contributed by atoms with E-state index in [0.717, 1.165) is 43.6 Å². The van der Waals surface area contributed by atoms with Gasteiger partial charge in [-0.05, 0) is 29.8 Å². The molecule has 9 heteroatoms. The smallest absolute Gasteiger partial charge is 0.244 e. The van der Waals surface area contributed by atoms with E-state index >= 15 is 0 Å². The Hall–Kier alpha value is -1.71. The van der Waals surface area contributed by atoms with Crippen molar-refractivity contribution in [3.63, 3.8) is 0 Å². The van der Waals surface area contributed by atoms with Crippen molar-refractivity contribution in [1.29, 1.82) is 0 Å². The summed E-state index contributed by atoms with van der Waals surface area (Å²) in [6, 6.07) is 11.4. The second-order valence-electron chi connectivity index (χ2n) is 7.26. The summed E-state index contributed by atoms with van der Waals surface area (Å²) in [6.45, 7) is 6.12. The Labute approximate surface area is 176 Å². The molecule has 0 radical (unpaired) electrons. The SMILES string of the molecule is O=S(=O)(c1ccc(N2CCN(Cc3ccc(Cl)cc3)CC2)nc1)N1CCOCC1. The van der Waals surface area contributed by atoms with Crippen LogP contribution in [0.25, 0.3) is 0 Å². The normalized spacial score (nSPS) is 19.4. The summed E-state index contributed by atoms with van der Waals surface area (Å²) in [5.41, 5.74) is 1.25. The molecule has 7 nitrogen and oxygen atoms in total. The van der Waals surface area contributed by atoms with Gasteiger partial charge in [0.1, 0.15) is 10.7 Å². The summed E-state index contributed by atoms with van der Waals surface area (Å²) in [7, 11) is -3.50. The molecule has 4 rings (SSSR count). The molecule has 0 N–H and O–H groups in total. The van der Waals surface area contributed by atoms with Crippen molar-refractivity contribution < 1.29 is 13.2 Å². The fraction of sp³-hybridized carbons (Fsp3) is 0.450. The molecule has 0 aliphatic carbocycles. The standard InChI is InChI=1S/C20H25ClN4O3S/c21-18-3-1-17(2-4-18)16-23-7-9-24(10-8-23)20-6-5-19(15-22-20)29(26,27)25-11-13-28-14-12-25/h1-6,15H,7-14,16H2. The molecule has 0 spiro atoms. The number of piperazine rings is 1. The number of hydrogen-bond donors (Lipinski definition) is 0. The molecule has 0 saturated carbocycles. The number of benzene rings is 1. The number of pyridine rings is 1. The van der Waals surface area contributed by atoms with E-state index in [0.29, 0.717) is 26.3 Å². The van der Waals surface area contributed by atoms with Gasteiger partial charge in [0.2, 0.25) is 10.0 Å². The van der Waals surface area contributed by atoms with Crippen molar-refractivity contribution >= 4 is 27.4 Å². The van der Waals surface area contributed by atoms with Crippen LogP contribution < -0.4 is 4.90 Å². The number of morpholine rings is 1. The highest BCUT2D eigenvalue weighted by molar-refractivity contribution is 7.89. The molecule has 2 saturated heterocycles. The van der Waals surface area contributed by atoms with Crippen LogP contribution in [-0.4, -0.2) is 75.1 Å². The fourth-order valence-corrected chi connectivity index (χ4v) is 5.11. The number of anilines is 1. The van der Waals surface area contributed by atoms with Crippen molar-refractivity contribution in [2.45, 2.75) is 11.4 Å². The van der Waals surface area contributed by atoms with Crippen LogP contribution in [0.2, 0.25) is 5.02 Å². The zero-order valence-corrected chi connectivity index (χ0v) is 17.8. The van der Waals surface area contributed by atoms with E-state index in [9.17, 15) is 8.42 Å². The second-order valence-corrected chi connectivity index (χ2v) is 9.63. The molecule has 0 amide bonds. The lowest BCUT2D eigenvalue weighted by atomic mass is 10.2. The van der Waals surface area contributed by atoms with E-state index in [4.69, 9.17) is 16.3 Å². The first-order valence-electron chi connectivity index (χ1n) is 9.78. The quantitative estimate of drug-likeness (QED) is 0.715. The molecule has 1 aromatic carbocycles. The predicted octanol–water partition coefficient (Wildman–Crippen LogP) is 2.08. The first-order chi connectivity index (χ1) is 14.0. The van der Waals surface area contributed by atoms with Crippen LogP contribution in [-0.2, 0) is 21.3 Å². The van der Waals surface area contributed by atoms with Gasteiger partial charge in [-0.15, -0.1) is 0 Å². The molecule has 2 fully saturated rings. The monoisotopic (exact) mass is 436 g/mol. The van der Waals surface area contributed by atoms with Gasteiger partial charge in [0, 0.05) is 57.0 Å². The summed E-state index contributed by atoms with van der Waals surface area (Å²) >= 11 is 5.95. The molecule has 3 heterocycles. The molecule has 1 aromatic heterocycles. The first-order valence-corrected chi connectivity index (χ1v) is 11.6. The molecule has 29 heavy (non-hydrogen) atoms. The Balaban J connectivity index is 1.34. The average Bonchev–Trinajstić information content (AvgIpc) is 2.77. The largest absolute Gasteiger partial charge is 0.379 e. The predicted molar refractivity (Wildman–Crippen MR) is 113 cm³/mol. The maximum Gasteiger partial charge on any atom is 0.244 e. The third-order valence-electron chi connectivity index (χ3n) is 5.34. The minimum atomic E-state index is -3.50.